The second kappa shape index (κ2) is 9.54. The van der Waals surface area contributed by atoms with E-state index in [1.807, 2.05) is 0 Å². The Labute approximate surface area is 166 Å². The third-order valence-corrected chi connectivity index (χ3v) is 4.02. The molecule has 0 aliphatic carbocycles. The molecule has 2 aromatic heterocycles. The average Bonchev–Trinajstić information content (AvgIpc) is 2.74. The molecule has 7 nitrogen and oxygen atoms in total. The van der Waals surface area contributed by atoms with Gasteiger partial charge in [-0.3, -0.25) is 4.79 Å². The summed E-state index contributed by atoms with van der Waals surface area (Å²) in [6.45, 7) is -0.583. The van der Waals surface area contributed by atoms with Gasteiger partial charge < -0.3 is 15.8 Å². The monoisotopic (exact) mass is 399 g/mol. The number of nitrogens with zero attached hydrogens (tertiary/aromatic N) is 3. The molecule has 29 heavy (non-hydrogen) atoms. The first-order valence-electron chi connectivity index (χ1n) is 8.82. The first-order chi connectivity index (χ1) is 14.1. The average molecular weight is 399 g/mol. The zero-order valence-corrected chi connectivity index (χ0v) is 15.4. The molecule has 1 aromatic carbocycles. The Balaban J connectivity index is 1.66. The van der Waals surface area contributed by atoms with Gasteiger partial charge in [-0.25, -0.2) is 23.7 Å². The Bertz CT molecular complexity index is 983. The second-order valence-electron chi connectivity index (χ2n) is 6.09. The lowest BCUT2D eigenvalue weighted by Crippen LogP contribution is -2.09. The molecule has 0 unspecified atom stereocenters. The van der Waals surface area contributed by atoms with Gasteiger partial charge in [0.05, 0.1) is 18.1 Å². The third-order valence-electron chi connectivity index (χ3n) is 4.02. The fourth-order valence-electron chi connectivity index (χ4n) is 2.58. The fraction of sp³-hybridized carbons (Fsp3) is 0.200. The summed E-state index contributed by atoms with van der Waals surface area (Å²) in [7, 11) is 0. The number of ketones is 1. The molecule has 0 spiro atoms. The van der Waals surface area contributed by atoms with Gasteiger partial charge in [-0.1, -0.05) is 12.1 Å². The van der Waals surface area contributed by atoms with E-state index >= 15 is 0 Å². The van der Waals surface area contributed by atoms with Crippen molar-refractivity contribution in [3.8, 4) is 5.88 Å². The van der Waals surface area contributed by atoms with E-state index < -0.39 is 12.5 Å². The number of hydrogen-bond acceptors (Lipinski definition) is 7. The topological polar surface area (TPSA) is 103 Å². The third kappa shape index (κ3) is 5.44. The van der Waals surface area contributed by atoms with Gasteiger partial charge in [-0.2, -0.15) is 0 Å². The number of nitrogens with one attached hydrogen (secondary N) is 1. The van der Waals surface area contributed by atoms with Gasteiger partial charge in [0.25, 0.3) is 0 Å². The number of hydrogen-bond donors (Lipinski definition) is 2. The highest BCUT2D eigenvalue weighted by atomic mass is 19.1. The fourth-order valence-corrected chi connectivity index (χ4v) is 2.58. The highest BCUT2D eigenvalue weighted by molar-refractivity contribution is 5.95. The minimum atomic E-state index is -0.641. The van der Waals surface area contributed by atoms with Crippen LogP contribution in [0.2, 0.25) is 0 Å². The van der Waals surface area contributed by atoms with Crippen LogP contribution in [0.3, 0.4) is 0 Å². The summed E-state index contributed by atoms with van der Waals surface area (Å²) in [6.07, 6.45) is 4.13. The molecular formula is C20H19F2N5O2. The number of halogens is 2. The Morgan fingerprint density at radius 1 is 1.17 bits per heavy atom. The van der Waals surface area contributed by atoms with Crippen molar-refractivity contribution in [3.63, 3.8) is 0 Å². The van der Waals surface area contributed by atoms with Crippen LogP contribution in [-0.4, -0.2) is 34.0 Å². The summed E-state index contributed by atoms with van der Waals surface area (Å²) < 4.78 is 31.2. The van der Waals surface area contributed by atoms with Gasteiger partial charge in [0.2, 0.25) is 5.88 Å². The van der Waals surface area contributed by atoms with Crippen LogP contribution in [0.4, 0.5) is 20.3 Å². The number of carbonyl (C=O) groups is 1. The molecule has 3 aromatic rings. The summed E-state index contributed by atoms with van der Waals surface area (Å²) >= 11 is 0. The van der Waals surface area contributed by atoms with Crippen LogP contribution < -0.4 is 15.8 Å². The maximum atomic E-state index is 14.1. The number of alkyl halides is 1. The minimum Gasteiger partial charge on any atom is -0.474 e. The van der Waals surface area contributed by atoms with Crippen molar-refractivity contribution < 1.29 is 18.3 Å². The second-order valence-corrected chi connectivity index (χ2v) is 6.09. The predicted molar refractivity (Wildman–Crippen MR) is 104 cm³/mol. The van der Waals surface area contributed by atoms with Gasteiger partial charge in [-0.15, -0.1) is 0 Å². The lowest BCUT2D eigenvalue weighted by Gasteiger charge is -2.10. The molecule has 150 valence electrons. The quantitative estimate of drug-likeness (QED) is 0.533. The number of aromatic nitrogens is 3. The first kappa shape index (κ1) is 20.1. The highest BCUT2D eigenvalue weighted by Gasteiger charge is 2.12. The summed E-state index contributed by atoms with van der Waals surface area (Å²) in [5.74, 6) is -0.220. The Morgan fingerprint density at radius 3 is 2.76 bits per heavy atom. The van der Waals surface area contributed by atoms with E-state index in [9.17, 15) is 13.6 Å². The predicted octanol–water partition coefficient (Wildman–Crippen LogP) is 2.98. The molecule has 9 heteroatoms. The van der Waals surface area contributed by atoms with Crippen molar-refractivity contribution in [2.45, 2.75) is 13.0 Å². The Kier molecular flexibility index (Phi) is 6.62. The molecule has 0 saturated carbocycles. The van der Waals surface area contributed by atoms with Crippen LogP contribution in [0, 0.1) is 5.82 Å². The van der Waals surface area contributed by atoms with Crippen LogP contribution in [-0.2, 0) is 13.0 Å². The van der Waals surface area contributed by atoms with Crippen LogP contribution in [0.15, 0.2) is 48.9 Å². The largest absolute Gasteiger partial charge is 0.474 e. The number of nitrogen functional groups attached to an aromatic ring is 1. The van der Waals surface area contributed by atoms with E-state index in [2.05, 4.69) is 20.3 Å². The van der Waals surface area contributed by atoms with E-state index in [0.717, 1.165) is 0 Å². The molecule has 0 aliphatic heterocycles. The van der Waals surface area contributed by atoms with Crippen molar-refractivity contribution in [1.82, 2.24) is 15.0 Å². The molecule has 0 aliphatic rings. The zero-order chi connectivity index (χ0) is 20.6. The lowest BCUT2D eigenvalue weighted by atomic mass is 10.0. The molecule has 3 N–H and O–H groups in total. The number of benzene rings is 1. The van der Waals surface area contributed by atoms with Crippen LogP contribution >= 0.6 is 0 Å². The molecule has 0 fully saturated rings. The summed E-state index contributed by atoms with van der Waals surface area (Å²) in [5.41, 5.74) is 7.53. The molecule has 0 amide bonds. The highest BCUT2D eigenvalue weighted by Crippen LogP contribution is 2.18. The molecular weight excluding hydrogens is 380 g/mol. The molecule has 0 atom stereocenters. The number of rotatable bonds is 9. The lowest BCUT2D eigenvalue weighted by molar-refractivity contribution is 0.0987. The van der Waals surface area contributed by atoms with E-state index in [1.54, 1.807) is 30.5 Å². The standard InChI is InChI=1S/C20H19F2N5O2/c21-5-7-29-19-12-26-17(11-27-19)18(28)9-13-3-4-15(22)14(8-13)10-25-16-2-1-6-24-20(16)23/h1-4,6,8,11-12,25H,5,7,9-10H2,(H2,23,24). The van der Waals surface area contributed by atoms with Crippen molar-refractivity contribution in [2.75, 3.05) is 24.3 Å². The maximum Gasteiger partial charge on any atom is 0.232 e. The van der Waals surface area contributed by atoms with Crippen LogP contribution in [0.5, 0.6) is 5.88 Å². The van der Waals surface area contributed by atoms with Crippen molar-refractivity contribution >= 4 is 17.3 Å². The van der Waals surface area contributed by atoms with E-state index in [4.69, 9.17) is 10.5 Å². The molecule has 3 rings (SSSR count). The van der Waals surface area contributed by atoms with Gasteiger partial charge in [0.15, 0.2) is 5.78 Å². The van der Waals surface area contributed by atoms with E-state index in [1.165, 1.54) is 18.5 Å². The van der Waals surface area contributed by atoms with Crippen molar-refractivity contribution in [2.24, 2.45) is 0 Å². The zero-order valence-electron chi connectivity index (χ0n) is 15.4. The first-order valence-corrected chi connectivity index (χ1v) is 8.82. The van der Waals surface area contributed by atoms with Gasteiger partial charge in [0.1, 0.15) is 30.6 Å². The van der Waals surface area contributed by atoms with E-state index in [-0.39, 0.29) is 36.9 Å². The van der Waals surface area contributed by atoms with Crippen LogP contribution in [0.1, 0.15) is 21.6 Å². The molecule has 2 heterocycles. The number of ether oxygens (including phenoxy) is 1. The Morgan fingerprint density at radius 2 is 2.03 bits per heavy atom. The normalized spacial score (nSPS) is 10.6. The number of pyridine rings is 1. The van der Waals surface area contributed by atoms with Crippen LogP contribution in [0.25, 0.3) is 0 Å². The molecule has 0 radical (unpaired) electrons. The molecule has 0 saturated heterocycles. The Hall–Kier alpha value is -3.62. The van der Waals surface area contributed by atoms with Crippen molar-refractivity contribution in [1.29, 1.82) is 0 Å². The number of nitrogens with two attached hydrogens (primary N) is 1. The SMILES string of the molecule is Nc1ncccc1NCc1cc(CC(=O)c2cnc(OCCF)cn2)ccc1F. The maximum absolute atomic E-state index is 14.1. The number of Topliss-reactive ketones (excluding diaryl/α,β-unsaturated/α-hetero) is 1. The number of anilines is 2. The molecule has 0 bridgehead atoms. The summed E-state index contributed by atoms with van der Waals surface area (Å²) in [6, 6.07) is 7.93. The van der Waals surface area contributed by atoms with Crippen molar-refractivity contribution in [3.05, 3.63) is 71.6 Å². The number of carbonyl (C=O) groups excluding carboxylic acids is 1. The minimum absolute atomic E-state index is 0.0294. The smallest absolute Gasteiger partial charge is 0.232 e. The van der Waals surface area contributed by atoms with Gasteiger partial charge >= 0.3 is 0 Å². The van der Waals surface area contributed by atoms with Gasteiger partial charge in [0, 0.05) is 24.7 Å². The summed E-state index contributed by atoms with van der Waals surface area (Å²) in [5, 5.41) is 3.03. The summed E-state index contributed by atoms with van der Waals surface area (Å²) in [4.78, 5) is 24.3. The van der Waals surface area contributed by atoms with E-state index in [0.29, 0.717) is 22.6 Å². The van der Waals surface area contributed by atoms with Gasteiger partial charge in [-0.05, 0) is 23.8 Å².